The number of amides is 1. The van der Waals surface area contributed by atoms with Gasteiger partial charge in [0.05, 0.1) is 17.9 Å². The van der Waals surface area contributed by atoms with Crippen LogP contribution in [-0.2, 0) is 9.53 Å². The summed E-state index contributed by atoms with van der Waals surface area (Å²) in [6, 6.07) is 14.3. The lowest BCUT2D eigenvalue weighted by atomic mass is 10.2. The summed E-state index contributed by atoms with van der Waals surface area (Å²) >= 11 is 1.45. The van der Waals surface area contributed by atoms with Gasteiger partial charge in [-0.2, -0.15) is 0 Å². The minimum Gasteiger partial charge on any atom is -0.492 e. The number of carbonyl (C=O) groups is 2. The Bertz CT molecular complexity index is 748. The van der Waals surface area contributed by atoms with Crippen LogP contribution in [-0.4, -0.2) is 30.8 Å². The lowest BCUT2D eigenvalue weighted by Gasteiger charge is -2.16. The van der Waals surface area contributed by atoms with Gasteiger partial charge in [-0.1, -0.05) is 24.3 Å². The van der Waals surface area contributed by atoms with Crippen molar-refractivity contribution >= 4 is 29.3 Å². The lowest BCUT2D eigenvalue weighted by Crippen LogP contribution is -2.30. The summed E-state index contributed by atoms with van der Waals surface area (Å²) in [4.78, 5) is 25.5. The monoisotopic (exact) mass is 359 g/mol. The fraction of sp³-hybridized carbons (Fsp3) is 0.263. The summed E-state index contributed by atoms with van der Waals surface area (Å²) in [5.74, 6) is -0.363. The first kappa shape index (κ1) is 18.9. The van der Waals surface area contributed by atoms with E-state index in [9.17, 15) is 9.59 Å². The highest BCUT2D eigenvalue weighted by Gasteiger charge is 2.21. The van der Waals surface area contributed by atoms with Crippen molar-refractivity contribution in [3.05, 3.63) is 54.1 Å². The van der Waals surface area contributed by atoms with Crippen LogP contribution in [0, 0.1) is 0 Å². The second kappa shape index (κ2) is 9.13. The Morgan fingerprint density at radius 3 is 2.52 bits per heavy atom. The van der Waals surface area contributed by atoms with E-state index in [1.807, 2.05) is 31.4 Å². The highest BCUT2D eigenvalue weighted by molar-refractivity contribution is 7.98. The number of thioether (sulfide) groups is 1. The van der Waals surface area contributed by atoms with Gasteiger partial charge in [0.1, 0.15) is 5.75 Å². The first-order chi connectivity index (χ1) is 12.1. The summed E-state index contributed by atoms with van der Waals surface area (Å²) in [5.41, 5.74) is 0.992. The number of hydrogen-bond acceptors (Lipinski definition) is 5. The molecule has 2 aromatic rings. The molecule has 1 N–H and O–H groups in total. The molecule has 5 nitrogen and oxygen atoms in total. The van der Waals surface area contributed by atoms with Crippen LogP contribution < -0.4 is 10.1 Å². The van der Waals surface area contributed by atoms with E-state index < -0.39 is 18.0 Å². The fourth-order valence-corrected chi connectivity index (χ4v) is 2.76. The molecule has 0 aliphatic heterocycles. The zero-order chi connectivity index (χ0) is 18.2. The SMILES string of the molecule is CCOc1ccccc1NC(=O)[C@H](C)OC(=O)c1ccccc1SC. The molecule has 0 fully saturated rings. The number of esters is 1. The number of carbonyl (C=O) groups excluding carboxylic acids is 2. The average Bonchev–Trinajstić information content (AvgIpc) is 2.63. The van der Waals surface area contributed by atoms with Crippen LogP contribution in [0.25, 0.3) is 0 Å². The number of hydrogen-bond donors (Lipinski definition) is 1. The van der Waals surface area contributed by atoms with E-state index in [1.165, 1.54) is 18.7 Å². The molecule has 0 radical (unpaired) electrons. The zero-order valence-corrected chi connectivity index (χ0v) is 15.3. The quantitative estimate of drug-likeness (QED) is 0.598. The van der Waals surface area contributed by atoms with E-state index in [-0.39, 0.29) is 0 Å². The van der Waals surface area contributed by atoms with Gasteiger partial charge >= 0.3 is 5.97 Å². The van der Waals surface area contributed by atoms with Gasteiger partial charge < -0.3 is 14.8 Å². The van der Waals surface area contributed by atoms with Crippen molar-refractivity contribution in [3.63, 3.8) is 0 Å². The Morgan fingerprint density at radius 2 is 1.80 bits per heavy atom. The average molecular weight is 359 g/mol. The van der Waals surface area contributed by atoms with Gasteiger partial charge in [-0.3, -0.25) is 4.79 Å². The molecule has 1 amide bonds. The Morgan fingerprint density at radius 1 is 1.12 bits per heavy atom. The number of para-hydroxylation sites is 2. The Kier molecular flexibility index (Phi) is 6.89. The number of benzene rings is 2. The largest absolute Gasteiger partial charge is 0.492 e. The highest BCUT2D eigenvalue weighted by Crippen LogP contribution is 2.24. The zero-order valence-electron chi connectivity index (χ0n) is 14.4. The van der Waals surface area contributed by atoms with Crippen molar-refractivity contribution in [3.8, 4) is 5.75 Å². The van der Waals surface area contributed by atoms with Gasteiger partial charge in [0.15, 0.2) is 6.10 Å². The van der Waals surface area contributed by atoms with Gasteiger partial charge in [0.2, 0.25) is 0 Å². The number of ether oxygens (including phenoxy) is 2. The van der Waals surface area contributed by atoms with Crippen LogP contribution in [0.2, 0.25) is 0 Å². The minimum absolute atomic E-state index is 0.415. The number of anilines is 1. The van der Waals surface area contributed by atoms with Gasteiger partial charge in [-0.05, 0) is 44.4 Å². The molecular formula is C19H21NO4S. The first-order valence-corrected chi connectivity index (χ1v) is 9.16. The van der Waals surface area contributed by atoms with E-state index in [2.05, 4.69) is 5.32 Å². The summed E-state index contributed by atoms with van der Waals surface area (Å²) in [6.07, 6.45) is 0.949. The molecule has 0 spiro atoms. The molecule has 132 valence electrons. The van der Waals surface area contributed by atoms with Crippen molar-refractivity contribution in [2.45, 2.75) is 24.8 Å². The lowest BCUT2D eigenvalue weighted by molar-refractivity contribution is -0.123. The third-order valence-electron chi connectivity index (χ3n) is 3.42. The van der Waals surface area contributed by atoms with Gasteiger partial charge in [-0.25, -0.2) is 4.79 Å². The van der Waals surface area contributed by atoms with Gasteiger partial charge in [0.25, 0.3) is 5.91 Å². The molecule has 6 heteroatoms. The van der Waals surface area contributed by atoms with Crippen molar-refractivity contribution in [2.75, 3.05) is 18.2 Å². The van der Waals surface area contributed by atoms with Crippen molar-refractivity contribution < 1.29 is 19.1 Å². The third kappa shape index (κ3) is 5.00. The molecule has 0 heterocycles. The van der Waals surface area contributed by atoms with Crippen LogP contribution in [0.15, 0.2) is 53.4 Å². The first-order valence-electron chi connectivity index (χ1n) is 7.93. The Hall–Kier alpha value is -2.47. The van der Waals surface area contributed by atoms with Crippen molar-refractivity contribution in [1.82, 2.24) is 0 Å². The molecule has 2 aromatic carbocycles. The second-order valence-electron chi connectivity index (χ2n) is 5.17. The molecule has 0 saturated carbocycles. The molecule has 25 heavy (non-hydrogen) atoms. The topological polar surface area (TPSA) is 64.6 Å². The van der Waals surface area contributed by atoms with Crippen LogP contribution in [0.4, 0.5) is 5.69 Å². The molecule has 0 aliphatic rings. The predicted molar refractivity (Wildman–Crippen MR) is 99.3 cm³/mol. The molecular weight excluding hydrogens is 338 g/mol. The summed E-state index contributed by atoms with van der Waals surface area (Å²) in [7, 11) is 0. The molecule has 0 saturated heterocycles. The maximum Gasteiger partial charge on any atom is 0.340 e. The second-order valence-corrected chi connectivity index (χ2v) is 6.01. The summed E-state index contributed by atoms with van der Waals surface area (Å²) < 4.78 is 10.8. The smallest absolute Gasteiger partial charge is 0.340 e. The standard InChI is InChI=1S/C19H21NO4S/c1-4-23-16-11-7-6-10-15(16)20-18(21)13(2)24-19(22)14-9-5-8-12-17(14)25-3/h5-13H,4H2,1-3H3,(H,20,21)/t13-/m0/s1. The fourth-order valence-electron chi connectivity index (χ4n) is 2.18. The molecule has 1 atom stereocenters. The van der Waals surface area contributed by atoms with Gasteiger partial charge in [-0.15, -0.1) is 11.8 Å². The number of rotatable bonds is 7. The van der Waals surface area contributed by atoms with Crippen molar-refractivity contribution in [1.29, 1.82) is 0 Å². The minimum atomic E-state index is -0.933. The Balaban J connectivity index is 2.04. The molecule has 0 aromatic heterocycles. The normalized spacial score (nSPS) is 11.5. The van der Waals surface area contributed by atoms with Crippen LogP contribution in [0.1, 0.15) is 24.2 Å². The van der Waals surface area contributed by atoms with E-state index in [1.54, 1.807) is 30.3 Å². The summed E-state index contributed by atoms with van der Waals surface area (Å²) in [6.45, 7) is 3.90. The predicted octanol–water partition coefficient (Wildman–Crippen LogP) is 3.99. The highest BCUT2D eigenvalue weighted by atomic mass is 32.2. The molecule has 2 rings (SSSR count). The van der Waals surface area contributed by atoms with E-state index in [0.717, 1.165) is 4.90 Å². The van der Waals surface area contributed by atoms with E-state index >= 15 is 0 Å². The summed E-state index contributed by atoms with van der Waals surface area (Å²) in [5, 5.41) is 2.73. The van der Waals surface area contributed by atoms with Gasteiger partial charge in [0, 0.05) is 4.90 Å². The molecule has 0 bridgehead atoms. The molecule has 0 aliphatic carbocycles. The van der Waals surface area contributed by atoms with Crippen molar-refractivity contribution in [2.24, 2.45) is 0 Å². The van der Waals surface area contributed by atoms with E-state index in [0.29, 0.717) is 23.6 Å². The third-order valence-corrected chi connectivity index (χ3v) is 4.22. The maximum atomic E-state index is 12.3. The molecule has 0 unspecified atom stereocenters. The van der Waals surface area contributed by atoms with Crippen LogP contribution >= 0.6 is 11.8 Å². The van der Waals surface area contributed by atoms with Crippen LogP contribution in [0.5, 0.6) is 5.75 Å². The Labute approximate surface area is 151 Å². The van der Waals surface area contributed by atoms with Crippen LogP contribution in [0.3, 0.4) is 0 Å². The number of nitrogens with one attached hydrogen (secondary N) is 1. The maximum absolute atomic E-state index is 12.3. The van der Waals surface area contributed by atoms with E-state index in [4.69, 9.17) is 9.47 Å².